The van der Waals surface area contributed by atoms with Gasteiger partial charge in [-0.1, -0.05) is 24.3 Å². The maximum Gasteiger partial charge on any atom is 0.432 e. The van der Waals surface area contributed by atoms with Crippen LogP contribution >= 0.6 is 0 Å². The maximum atomic E-state index is 12.7. The Morgan fingerprint density at radius 1 is 1.15 bits per heavy atom. The van der Waals surface area contributed by atoms with Crippen LogP contribution in [-0.2, 0) is 11.0 Å². The number of nitrogens with one attached hydrogen (secondary N) is 1. The number of halogens is 3. The number of alkyl halides is 3. The molecule has 1 aromatic carbocycles. The summed E-state index contributed by atoms with van der Waals surface area (Å²) >= 11 is 0. The molecule has 4 nitrogen and oxygen atoms in total. The minimum atomic E-state index is -4.43. The summed E-state index contributed by atoms with van der Waals surface area (Å²) in [6, 6.07) is 8.55. The minimum Gasteiger partial charge on any atom is -0.481 e. The van der Waals surface area contributed by atoms with Gasteiger partial charge in [-0.25, -0.2) is 0 Å². The van der Waals surface area contributed by atoms with Crippen molar-refractivity contribution in [2.24, 2.45) is 5.92 Å². The SMILES string of the molecule is O=C(O)CCC1CCC(c2ccc(-c3cc(C(F)(F)F)[nH]n3)cc2)CC1. The summed E-state index contributed by atoms with van der Waals surface area (Å²) in [5.41, 5.74) is 1.25. The molecule has 1 saturated carbocycles. The maximum absolute atomic E-state index is 12.7. The van der Waals surface area contributed by atoms with Crippen LogP contribution in [0.2, 0.25) is 0 Å². The van der Waals surface area contributed by atoms with Crippen molar-refractivity contribution in [2.45, 2.75) is 50.6 Å². The van der Waals surface area contributed by atoms with E-state index in [1.807, 2.05) is 29.4 Å². The third-order valence-electron chi connectivity index (χ3n) is 5.17. The molecule has 2 aromatic rings. The Kier molecular flexibility index (Phi) is 5.34. The van der Waals surface area contributed by atoms with Crippen LogP contribution in [0.15, 0.2) is 30.3 Å². The van der Waals surface area contributed by atoms with Gasteiger partial charge < -0.3 is 5.11 Å². The van der Waals surface area contributed by atoms with Gasteiger partial charge in [0, 0.05) is 12.0 Å². The van der Waals surface area contributed by atoms with Crippen molar-refractivity contribution in [1.82, 2.24) is 10.2 Å². The van der Waals surface area contributed by atoms with Crippen LogP contribution in [0.1, 0.15) is 55.7 Å². The van der Waals surface area contributed by atoms with E-state index in [9.17, 15) is 18.0 Å². The van der Waals surface area contributed by atoms with Gasteiger partial charge in [0.05, 0.1) is 5.69 Å². The Balaban J connectivity index is 1.60. The molecular formula is C19H21F3N2O2. The molecule has 1 aliphatic rings. The monoisotopic (exact) mass is 366 g/mol. The smallest absolute Gasteiger partial charge is 0.432 e. The number of H-pyrrole nitrogens is 1. The van der Waals surface area contributed by atoms with E-state index < -0.39 is 17.8 Å². The highest BCUT2D eigenvalue weighted by Gasteiger charge is 2.33. The molecule has 0 unspecified atom stereocenters. The molecule has 0 aliphatic heterocycles. The normalized spacial score (nSPS) is 20.9. The van der Waals surface area contributed by atoms with Gasteiger partial charge in [-0.3, -0.25) is 9.89 Å². The van der Waals surface area contributed by atoms with Crippen molar-refractivity contribution in [3.8, 4) is 11.3 Å². The predicted octanol–water partition coefficient (Wildman–Crippen LogP) is 5.23. The lowest BCUT2D eigenvalue weighted by Crippen LogP contribution is -2.14. The van der Waals surface area contributed by atoms with E-state index in [0.29, 0.717) is 17.4 Å². The summed E-state index contributed by atoms with van der Waals surface area (Å²) in [6.07, 6.45) is 0.621. The number of carboxylic acid groups (broad SMARTS) is 1. The van der Waals surface area contributed by atoms with Gasteiger partial charge in [0.25, 0.3) is 0 Å². The van der Waals surface area contributed by atoms with Gasteiger partial charge in [-0.15, -0.1) is 0 Å². The van der Waals surface area contributed by atoms with Gasteiger partial charge in [0.15, 0.2) is 0 Å². The van der Waals surface area contributed by atoms with Crippen LogP contribution in [0, 0.1) is 5.92 Å². The minimum absolute atomic E-state index is 0.230. The second-order valence-corrected chi connectivity index (χ2v) is 6.94. The first-order chi connectivity index (χ1) is 12.3. The zero-order chi connectivity index (χ0) is 18.7. The van der Waals surface area contributed by atoms with Gasteiger partial charge in [-0.05, 0) is 55.6 Å². The Morgan fingerprint density at radius 3 is 2.35 bits per heavy atom. The quantitative estimate of drug-likeness (QED) is 0.761. The van der Waals surface area contributed by atoms with E-state index in [-0.39, 0.29) is 12.1 Å². The largest absolute Gasteiger partial charge is 0.481 e. The van der Waals surface area contributed by atoms with Gasteiger partial charge in [-0.2, -0.15) is 18.3 Å². The number of aliphatic carboxylic acids is 1. The van der Waals surface area contributed by atoms with Crippen molar-refractivity contribution in [3.63, 3.8) is 0 Å². The molecule has 1 aliphatic carbocycles. The van der Waals surface area contributed by atoms with Crippen LogP contribution < -0.4 is 0 Å². The van der Waals surface area contributed by atoms with Crippen LogP contribution in [0.3, 0.4) is 0 Å². The highest BCUT2D eigenvalue weighted by atomic mass is 19.4. The zero-order valence-electron chi connectivity index (χ0n) is 14.2. The van der Waals surface area contributed by atoms with E-state index in [4.69, 9.17) is 5.11 Å². The number of carbonyl (C=O) groups is 1. The number of hydrogen-bond acceptors (Lipinski definition) is 2. The number of rotatable bonds is 5. The first-order valence-corrected chi connectivity index (χ1v) is 8.77. The number of nitrogens with zero attached hydrogens (tertiary/aromatic N) is 1. The van der Waals surface area contributed by atoms with E-state index in [2.05, 4.69) is 5.10 Å². The molecule has 1 fully saturated rings. The fourth-order valence-corrected chi connectivity index (χ4v) is 3.65. The predicted molar refractivity (Wildman–Crippen MR) is 90.6 cm³/mol. The Labute approximate surface area is 149 Å². The summed E-state index contributed by atoms with van der Waals surface area (Å²) in [6.45, 7) is 0. The second-order valence-electron chi connectivity index (χ2n) is 6.94. The molecule has 7 heteroatoms. The van der Waals surface area contributed by atoms with E-state index in [1.54, 1.807) is 0 Å². The molecule has 26 heavy (non-hydrogen) atoms. The van der Waals surface area contributed by atoms with E-state index in [1.165, 1.54) is 5.56 Å². The first kappa shape index (κ1) is 18.5. The van der Waals surface area contributed by atoms with Crippen LogP contribution in [-0.4, -0.2) is 21.3 Å². The zero-order valence-corrected chi connectivity index (χ0v) is 14.2. The number of hydrogen-bond donors (Lipinski definition) is 2. The lowest BCUT2D eigenvalue weighted by molar-refractivity contribution is -0.141. The number of aromatic nitrogens is 2. The fourth-order valence-electron chi connectivity index (χ4n) is 3.65. The summed E-state index contributed by atoms with van der Waals surface area (Å²) in [5.74, 6) is 0.163. The number of aromatic amines is 1. The third kappa shape index (κ3) is 4.45. The highest BCUT2D eigenvalue weighted by molar-refractivity contribution is 5.66. The van der Waals surface area contributed by atoms with Gasteiger partial charge >= 0.3 is 12.1 Å². The lowest BCUT2D eigenvalue weighted by atomic mass is 9.77. The molecule has 0 spiro atoms. The van der Waals surface area contributed by atoms with Crippen molar-refractivity contribution in [3.05, 3.63) is 41.6 Å². The topological polar surface area (TPSA) is 66.0 Å². The van der Waals surface area contributed by atoms with E-state index >= 15 is 0 Å². The molecule has 1 aromatic heterocycles. The molecule has 0 radical (unpaired) electrons. The summed E-state index contributed by atoms with van der Waals surface area (Å²) in [7, 11) is 0. The number of benzene rings is 1. The molecule has 2 N–H and O–H groups in total. The van der Waals surface area contributed by atoms with Crippen LogP contribution in [0.25, 0.3) is 11.3 Å². The first-order valence-electron chi connectivity index (χ1n) is 8.77. The molecule has 0 bridgehead atoms. The summed E-state index contributed by atoms with van der Waals surface area (Å²) < 4.78 is 38.0. The number of carboxylic acids is 1. The molecule has 3 rings (SSSR count). The molecule has 140 valence electrons. The Morgan fingerprint density at radius 2 is 1.81 bits per heavy atom. The van der Waals surface area contributed by atoms with Crippen molar-refractivity contribution in [1.29, 1.82) is 0 Å². The second kappa shape index (κ2) is 7.51. The molecule has 0 atom stereocenters. The summed E-state index contributed by atoms with van der Waals surface area (Å²) in [4.78, 5) is 10.7. The molecular weight excluding hydrogens is 345 g/mol. The van der Waals surface area contributed by atoms with Crippen molar-refractivity contribution < 1.29 is 23.1 Å². The molecule has 0 amide bonds. The van der Waals surface area contributed by atoms with E-state index in [0.717, 1.165) is 38.2 Å². The Bertz CT molecular complexity index is 745. The van der Waals surface area contributed by atoms with Crippen LogP contribution in [0.4, 0.5) is 13.2 Å². The van der Waals surface area contributed by atoms with Gasteiger partial charge in [0.1, 0.15) is 5.69 Å². The van der Waals surface area contributed by atoms with Crippen LogP contribution in [0.5, 0.6) is 0 Å². The molecule has 1 heterocycles. The van der Waals surface area contributed by atoms with Gasteiger partial charge in [0.2, 0.25) is 0 Å². The summed E-state index contributed by atoms with van der Waals surface area (Å²) in [5, 5.41) is 14.5. The lowest BCUT2D eigenvalue weighted by Gasteiger charge is -2.28. The fraction of sp³-hybridized carbons (Fsp3) is 0.474. The third-order valence-corrected chi connectivity index (χ3v) is 5.17. The highest BCUT2D eigenvalue weighted by Crippen LogP contribution is 2.38. The average Bonchev–Trinajstić information content (AvgIpc) is 3.11. The van der Waals surface area contributed by atoms with Crippen molar-refractivity contribution >= 4 is 5.97 Å². The molecule has 0 saturated heterocycles. The standard InChI is InChI=1S/C19H21F3N2O2/c20-19(21,22)17-11-16(23-24-17)15-8-6-14(7-9-15)13-4-1-12(2-5-13)3-10-18(25)26/h6-9,11-13H,1-5,10H2,(H,23,24)(H,25,26). The Hall–Kier alpha value is -2.31. The average molecular weight is 366 g/mol. The van der Waals surface area contributed by atoms with Crippen molar-refractivity contribution in [2.75, 3.05) is 0 Å².